The summed E-state index contributed by atoms with van der Waals surface area (Å²) in [6.07, 6.45) is 1.32. The second kappa shape index (κ2) is 4.49. The van der Waals surface area contributed by atoms with Crippen molar-refractivity contribution in [3.8, 4) is 0 Å². The molecule has 17 heavy (non-hydrogen) atoms. The van der Waals surface area contributed by atoms with Crippen LogP contribution in [0.3, 0.4) is 0 Å². The molecule has 0 saturated carbocycles. The van der Waals surface area contributed by atoms with E-state index in [1.54, 1.807) is 0 Å². The van der Waals surface area contributed by atoms with E-state index in [-0.39, 0.29) is 11.4 Å². The van der Waals surface area contributed by atoms with E-state index in [4.69, 9.17) is 4.52 Å². The van der Waals surface area contributed by atoms with Gasteiger partial charge in [-0.2, -0.15) is 0 Å². The molecule has 2 rings (SSSR count). The Balaban J connectivity index is 1.98. The van der Waals surface area contributed by atoms with Crippen LogP contribution in [0.15, 0.2) is 4.52 Å². The minimum atomic E-state index is -0.115. The summed E-state index contributed by atoms with van der Waals surface area (Å²) in [6, 6.07) is 0. The fourth-order valence-electron chi connectivity index (χ4n) is 2.22. The molecular weight excluding hydrogens is 218 g/mol. The van der Waals surface area contributed by atoms with Crippen LogP contribution in [-0.4, -0.2) is 29.7 Å². The lowest BCUT2D eigenvalue weighted by Gasteiger charge is -2.24. The Morgan fingerprint density at radius 2 is 2.35 bits per heavy atom. The maximum Gasteiger partial charge on any atom is 0.225 e. The SMILES string of the molecule is Cc1noc(C)c1CC(=O)NC1(C)CCNC1. The predicted octanol–water partition coefficient (Wildman–Crippen LogP) is 0.702. The lowest BCUT2D eigenvalue weighted by Crippen LogP contribution is -2.48. The first-order valence-corrected chi connectivity index (χ1v) is 5.94. The number of hydrogen-bond donors (Lipinski definition) is 2. The Morgan fingerprint density at radius 3 is 2.88 bits per heavy atom. The van der Waals surface area contributed by atoms with Crippen molar-refractivity contribution in [2.24, 2.45) is 0 Å². The van der Waals surface area contributed by atoms with Crippen LogP contribution in [0, 0.1) is 13.8 Å². The van der Waals surface area contributed by atoms with E-state index in [0.717, 1.165) is 36.5 Å². The van der Waals surface area contributed by atoms with Crippen molar-refractivity contribution in [3.05, 3.63) is 17.0 Å². The molecular formula is C12H19N3O2. The zero-order chi connectivity index (χ0) is 12.5. The van der Waals surface area contributed by atoms with Gasteiger partial charge in [0, 0.05) is 12.1 Å². The van der Waals surface area contributed by atoms with Crippen LogP contribution >= 0.6 is 0 Å². The molecule has 1 amide bonds. The topological polar surface area (TPSA) is 67.2 Å². The third-order valence-corrected chi connectivity index (χ3v) is 3.33. The van der Waals surface area contributed by atoms with Crippen LogP contribution < -0.4 is 10.6 Å². The number of nitrogens with one attached hydrogen (secondary N) is 2. The molecule has 1 aliphatic heterocycles. The summed E-state index contributed by atoms with van der Waals surface area (Å²) in [5.41, 5.74) is 1.58. The number of carbonyl (C=O) groups is 1. The zero-order valence-electron chi connectivity index (χ0n) is 10.6. The van der Waals surface area contributed by atoms with Gasteiger partial charge in [0.2, 0.25) is 5.91 Å². The molecule has 1 aromatic heterocycles. The highest BCUT2D eigenvalue weighted by molar-refractivity contribution is 5.79. The van der Waals surface area contributed by atoms with Gasteiger partial charge in [-0.15, -0.1) is 0 Å². The maximum absolute atomic E-state index is 12.0. The van der Waals surface area contributed by atoms with Crippen molar-refractivity contribution in [2.45, 2.75) is 39.2 Å². The summed E-state index contributed by atoms with van der Waals surface area (Å²) in [6.45, 7) is 7.56. The molecule has 2 N–H and O–H groups in total. The molecule has 94 valence electrons. The van der Waals surface area contributed by atoms with E-state index in [1.165, 1.54) is 0 Å². The summed E-state index contributed by atoms with van der Waals surface area (Å²) in [7, 11) is 0. The van der Waals surface area contributed by atoms with E-state index in [1.807, 2.05) is 13.8 Å². The van der Waals surface area contributed by atoms with Gasteiger partial charge in [-0.1, -0.05) is 5.16 Å². The lowest BCUT2D eigenvalue weighted by molar-refractivity contribution is -0.122. The Hall–Kier alpha value is -1.36. The van der Waals surface area contributed by atoms with E-state index in [0.29, 0.717) is 6.42 Å². The first kappa shape index (κ1) is 12.1. The summed E-state index contributed by atoms with van der Waals surface area (Å²) in [4.78, 5) is 12.0. The number of hydrogen-bond acceptors (Lipinski definition) is 4. The maximum atomic E-state index is 12.0. The Kier molecular flexibility index (Phi) is 3.19. The van der Waals surface area contributed by atoms with Crippen LogP contribution in [0.1, 0.15) is 30.4 Å². The van der Waals surface area contributed by atoms with Crippen molar-refractivity contribution < 1.29 is 9.32 Å². The molecule has 5 heteroatoms. The second-order valence-electron chi connectivity index (χ2n) is 5.02. The molecule has 0 spiro atoms. The van der Waals surface area contributed by atoms with Crippen LogP contribution in [0.25, 0.3) is 0 Å². The fourth-order valence-corrected chi connectivity index (χ4v) is 2.22. The Bertz CT molecular complexity index is 400. The summed E-state index contributed by atoms with van der Waals surface area (Å²) >= 11 is 0. The standard InChI is InChI=1S/C12H19N3O2/c1-8-10(9(2)17-15-8)6-11(16)14-12(3)4-5-13-7-12/h13H,4-7H2,1-3H3,(H,14,16). The molecule has 0 radical (unpaired) electrons. The lowest BCUT2D eigenvalue weighted by atomic mass is 10.0. The van der Waals surface area contributed by atoms with Gasteiger partial charge in [0.25, 0.3) is 0 Å². The van der Waals surface area contributed by atoms with Crippen molar-refractivity contribution in [2.75, 3.05) is 13.1 Å². The quantitative estimate of drug-likeness (QED) is 0.812. The number of amides is 1. The van der Waals surface area contributed by atoms with Gasteiger partial charge in [-0.05, 0) is 33.7 Å². The summed E-state index contributed by atoms with van der Waals surface area (Å²) in [5.74, 6) is 0.762. The summed E-state index contributed by atoms with van der Waals surface area (Å²) < 4.78 is 5.05. The number of aromatic nitrogens is 1. The monoisotopic (exact) mass is 237 g/mol. The van der Waals surface area contributed by atoms with E-state index in [9.17, 15) is 4.79 Å². The molecule has 2 heterocycles. The minimum absolute atomic E-state index is 0.0330. The molecule has 1 saturated heterocycles. The highest BCUT2D eigenvalue weighted by atomic mass is 16.5. The van der Waals surface area contributed by atoms with Crippen molar-refractivity contribution in [3.63, 3.8) is 0 Å². The highest BCUT2D eigenvalue weighted by Gasteiger charge is 2.30. The highest BCUT2D eigenvalue weighted by Crippen LogP contribution is 2.16. The van der Waals surface area contributed by atoms with Crippen LogP contribution in [0.5, 0.6) is 0 Å². The average molecular weight is 237 g/mol. The molecule has 0 bridgehead atoms. The van der Waals surface area contributed by atoms with Crippen molar-refractivity contribution in [1.29, 1.82) is 0 Å². The second-order valence-corrected chi connectivity index (χ2v) is 5.02. The molecule has 0 aliphatic carbocycles. The van der Waals surface area contributed by atoms with Gasteiger partial charge >= 0.3 is 0 Å². The van der Waals surface area contributed by atoms with Gasteiger partial charge in [-0.25, -0.2) is 0 Å². The molecule has 1 unspecified atom stereocenters. The van der Waals surface area contributed by atoms with Gasteiger partial charge in [-0.3, -0.25) is 4.79 Å². The first-order chi connectivity index (χ1) is 8.00. The molecule has 5 nitrogen and oxygen atoms in total. The average Bonchev–Trinajstić information content (AvgIpc) is 2.79. The first-order valence-electron chi connectivity index (χ1n) is 5.94. The smallest absolute Gasteiger partial charge is 0.225 e. The van der Waals surface area contributed by atoms with E-state index < -0.39 is 0 Å². The molecule has 1 atom stereocenters. The zero-order valence-corrected chi connectivity index (χ0v) is 10.6. The molecule has 1 aliphatic rings. The minimum Gasteiger partial charge on any atom is -0.361 e. The Labute approximate surface area is 101 Å². The number of nitrogens with zero attached hydrogens (tertiary/aromatic N) is 1. The Morgan fingerprint density at radius 1 is 1.59 bits per heavy atom. The van der Waals surface area contributed by atoms with Gasteiger partial charge in [0.15, 0.2) is 0 Å². The fraction of sp³-hybridized carbons (Fsp3) is 0.667. The number of carbonyl (C=O) groups excluding carboxylic acids is 1. The predicted molar refractivity (Wildman–Crippen MR) is 63.7 cm³/mol. The molecule has 1 aromatic rings. The van der Waals surface area contributed by atoms with E-state index >= 15 is 0 Å². The molecule has 0 aromatic carbocycles. The number of aryl methyl sites for hydroxylation is 2. The third-order valence-electron chi connectivity index (χ3n) is 3.33. The van der Waals surface area contributed by atoms with Gasteiger partial charge < -0.3 is 15.2 Å². The van der Waals surface area contributed by atoms with Gasteiger partial charge in [0.1, 0.15) is 5.76 Å². The van der Waals surface area contributed by atoms with Gasteiger partial charge in [0.05, 0.1) is 17.7 Å². The summed E-state index contributed by atoms with van der Waals surface area (Å²) in [5, 5.41) is 10.2. The third kappa shape index (κ3) is 2.66. The van der Waals surface area contributed by atoms with Crippen LogP contribution in [0.4, 0.5) is 0 Å². The van der Waals surface area contributed by atoms with Crippen LogP contribution in [-0.2, 0) is 11.2 Å². The normalized spacial score (nSPS) is 23.9. The van der Waals surface area contributed by atoms with E-state index in [2.05, 4.69) is 22.7 Å². The van der Waals surface area contributed by atoms with Crippen LogP contribution in [0.2, 0.25) is 0 Å². The largest absolute Gasteiger partial charge is 0.361 e. The molecule has 1 fully saturated rings. The van der Waals surface area contributed by atoms with Crippen molar-refractivity contribution in [1.82, 2.24) is 15.8 Å². The van der Waals surface area contributed by atoms with Crippen molar-refractivity contribution >= 4 is 5.91 Å². The number of rotatable bonds is 3.